The van der Waals surface area contributed by atoms with Gasteiger partial charge in [-0.1, -0.05) is 0 Å². The predicted octanol–water partition coefficient (Wildman–Crippen LogP) is 3.44. The minimum absolute atomic E-state index is 0.0481. The number of aromatic nitrogens is 4. The topological polar surface area (TPSA) is 105 Å². The Bertz CT molecular complexity index is 903. The summed E-state index contributed by atoms with van der Waals surface area (Å²) in [5.41, 5.74) is 1.73. The van der Waals surface area contributed by atoms with Crippen molar-refractivity contribution in [3.63, 3.8) is 0 Å². The van der Waals surface area contributed by atoms with E-state index >= 15 is 0 Å². The SMILES string of the molecule is Oc1cc(O)cc(Nc2nc(Br)nc3c2ncn3C2CCCCO2)c1. The van der Waals surface area contributed by atoms with Crippen LogP contribution in [-0.2, 0) is 4.74 Å². The first-order valence-corrected chi connectivity index (χ1v) is 8.71. The third kappa shape index (κ3) is 3.24. The number of nitrogens with one attached hydrogen (secondary N) is 1. The highest BCUT2D eigenvalue weighted by Crippen LogP contribution is 2.31. The zero-order valence-corrected chi connectivity index (χ0v) is 14.8. The van der Waals surface area contributed by atoms with Crippen LogP contribution in [0.1, 0.15) is 25.5 Å². The number of phenols is 2. The molecule has 0 saturated carbocycles. The first-order valence-electron chi connectivity index (χ1n) is 7.92. The molecule has 3 heterocycles. The summed E-state index contributed by atoms with van der Waals surface area (Å²) in [4.78, 5) is 13.2. The van der Waals surface area contributed by atoms with E-state index in [2.05, 4.69) is 36.2 Å². The molecule has 1 atom stereocenters. The van der Waals surface area contributed by atoms with E-state index < -0.39 is 0 Å². The summed E-state index contributed by atoms with van der Waals surface area (Å²) >= 11 is 3.33. The number of rotatable bonds is 3. The van der Waals surface area contributed by atoms with Gasteiger partial charge in [0.05, 0.1) is 6.33 Å². The quantitative estimate of drug-likeness (QED) is 0.573. The fourth-order valence-corrected chi connectivity index (χ4v) is 3.28. The molecule has 0 amide bonds. The van der Waals surface area contributed by atoms with Crippen molar-refractivity contribution in [3.05, 3.63) is 29.3 Å². The number of hydrogen-bond acceptors (Lipinski definition) is 7. The first kappa shape index (κ1) is 16.1. The van der Waals surface area contributed by atoms with Gasteiger partial charge in [-0.3, -0.25) is 4.57 Å². The summed E-state index contributed by atoms with van der Waals surface area (Å²) in [5.74, 6) is 0.373. The van der Waals surface area contributed by atoms with Crippen molar-refractivity contribution in [1.29, 1.82) is 0 Å². The lowest BCUT2D eigenvalue weighted by atomic mass is 10.2. The second-order valence-corrected chi connectivity index (χ2v) is 6.56. The van der Waals surface area contributed by atoms with Gasteiger partial charge in [0.25, 0.3) is 0 Å². The molecule has 1 aliphatic rings. The number of aromatic hydroxyl groups is 2. The van der Waals surface area contributed by atoms with Gasteiger partial charge in [0.1, 0.15) is 17.7 Å². The molecule has 1 aliphatic heterocycles. The van der Waals surface area contributed by atoms with Gasteiger partial charge in [-0.2, -0.15) is 0 Å². The average molecular weight is 406 g/mol. The number of benzene rings is 1. The highest BCUT2D eigenvalue weighted by Gasteiger charge is 2.21. The Kier molecular flexibility index (Phi) is 4.18. The van der Waals surface area contributed by atoms with Gasteiger partial charge in [-0.15, -0.1) is 0 Å². The largest absolute Gasteiger partial charge is 0.508 e. The number of imidazole rings is 1. The van der Waals surface area contributed by atoms with E-state index in [0.29, 0.717) is 27.4 Å². The Morgan fingerprint density at radius 3 is 2.68 bits per heavy atom. The minimum atomic E-state index is -0.0850. The van der Waals surface area contributed by atoms with Crippen LogP contribution in [-0.4, -0.2) is 36.3 Å². The van der Waals surface area contributed by atoms with Gasteiger partial charge in [0.2, 0.25) is 4.73 Å². The Labute approximate surface area is 151 Å². The van der Waals surface area contributed by atoms with E-state index in [1.807, 2.05) is 4.57 Å². The fraction of sp³-hybridized carbons (Fsp3) is 0.312. The lowest BCUT2D eigenvalue weighted by molar-refractivity contribution is -0.0298. The Morgan fingerprint density at radius 1 is 1.16 bits per heavy atom. The van der Waals surface area contributed by atoms with Gasteiger partial charge in [-0.25, -0.2) is 15.0 Å². The van der Waals surface area contributed by atoms with E-state index in [9.17, 15) is 10.2 Å². The monoisotopic (exact) mass is 405 g/mol. The summed E-state index contributed by atoms with van der Waals surface area (Å²) in [6.07, 6.45) is 4.70. The third-order valence-electron chi connectivity index (χ3n) is 4.03. The van der Waals surface area contributed by atoms with Crippen molar-refractivity contribution >= 4 is 38.6 Å². The Balaban J connectivity index is 1.75. The standard InChI is InChI=1S/C16H16BrN5O3/c17-16-20-14(19-9-5-10(23)7-11(24)6-9)13-15(21-16)22(8-18-13)12-3-1-2-4-25-12/h5-8,12,23-24H,1-4H2,(H,19,20,21). The van der Waals surface area contributed by atoms with Crippen LogP contribution >= 0.6 is 15.9 Å². The highest BCUT2D eigenvalue weighted by atomic mass is 79.9. The molecule has 1 fully saturated rings. The van der Waals surface area contributed by atoms with Crippen molar-refractivity contribution < 1.29 is 14.9 Å². The summed E-state index contributed by atoms with van der Waals surface area (Å²) < 4.78 is 8.14. The molecule has 8 nitrogen and oxygen atoms in total. The van der Waals surface area contributed by atoms with E-state index in [4.69, 9.17) is 4.74 Å². The molecule has 0 bridgehead atoms. The van der Waals surface area contributed by atoms with E-state index in [0.717, 1.165) is 25.9 Å². The molecular weight excluding hydrogens is 390 g/mol. The summed E-state index contributed by atoms with van der Waals surface area (Å²) in [6.45, 7) is 0.726. The number of nitrogens with zero attached hydrogens (tertiary/aromatic N) is 4. The molecular formula is C16H16BrN5O3. The van der Waals surface area contributed by atoms with Gasteiger partial charge >= 0.3 is 0 Å². The maximum Gasteiger partial charge on any atom is 0.200 e. The lowest BCUT2D eigenvalue weighted by Crippen LogP contribution is -2.17. The minimum Gasteiger partial charge on any atom is -0.508 e. The Hall–Kier alpha value is -2.39. The van der Waals surface area contributed by atoms with Gasteiger partial charge < -0.3 is 20.3 Å². The van der Waals surface area contributed by atoms with Crippen molar-refractivity contribution in [1.82, 2.24) is 19.5 Å². The number of hydrogen-bond donors (Lipinski definition) is 3. The van der Waals surface area contributed by atoms with Crippen LogP contribution in [0.4, 0.5) is 11.5 Å². The molecule has 9 heteroatoms. The van der Waals surface area contributed by atoms with E-state index in [1.54, 1.807) is 6.33 Å². The lowest BCUT2D eigenvalue weighted by Gasteiger charge is -2.23. The molecule has 130 valence electrons. The summed E-state index contributed by atoms with van der Waals surface area (Å²) in [7, 11) is 0. The number of fused-ring (bicyclic) bond motifs is 1. The predicted molar refractivity (Wildman–Crippen MR) is 94.9 cm³/mol. The number of halogens is 1. The molecule has 0 radical (unpaired) electrons. The molecule has 3 aromatic rings. The van der Waals surface area contributed by atoms with Crippen molar-refractivity contribution in [2.75, 3.05) is 11.9 Å². The van der Waals surface area contributed by atoms with Crippen molar-refractivity contribution in [2.24, 2.45) is 0 Å². The molecule has 3 N–H and O–H groups in total. The highest BCUT2D eigenvalue weighted by molar-refractivity contribution is 9.10. The third-order valence-corrected chi connectivity index (χ3v) is 4.38. The molecule has 0 aliphatic carbocycles. The number of anilines is 2. The van der Waals surface area contributed by atoms with E-state index in [1.165, 1.54) is 18.2 Å². The fourth-order valence-electron chi connectivity index (χ4n) is 2.94. The van der Waals surface area contributed by atoms with Gasteiger partial charge in [-0.05, 0) is 35.2 Å². The van der Waals surface area contributed by atoms with Crippen LogP contribution in [0.25, 0.3) is 11.2 Å². The van der Waals surface area contributed by atoms with Gasteiger partial charge in [0.15, 0.2) is 17.0 Å². The number of phenolic OH excluding ortho intramolecular Hbond substituents is 2. The molecule has 0 spiro atoms. The second-order valence-electron chi connectivity index (χ2n) is 5.85. The summed E-state index contributed by atoms with van der Waals surface area (Å²) in [5, 5.41) is 22.3. The number of ether oxygens (including phenoxy) is 1. The zero-order valence-electron chi connectivity index (χ0n) is 13.2. The average Bonchev–Trinajstić information content (AvgIpc) is 2.98. The zero-order chi connectivity index (χ0) is 17.4. The molecule has 25 heavy (non-hydrogen) atoms. The Morgan fingerprint density at radius 2 is 1.96 bits per heavy atom. The maximum atomic E-state index is 9.64. The van der Waals surface area contributed by atoms with Crippen molar-refractivity contribution in [2.45, 2.75) is 25.5 Å². The van der Waals surface area contributed by atoms with Crippen LogP contribution in [0, 0.1) is 0 Å². The molecule has 1 unspecified atom stereocenters. The molecule has 4 rings (SSSR count). The van der Waals surface area contributed by atoms with Crippen LogP contribution < -0.4 is 5.32 Å². The summed E-state index contributed by atoms with van der Waals surface area (Å²) in [6, 6.07) is 4.23. The first-order chi connectivity index (χ1) is 12.1. The van der Waals surface area contributed by atoms with Crippen LogP contribution in [0.5, 0.6) is 11.5 Å². The maximum absolute atomic E-state index is 9.64. The van der Waals surface area contributed by atoms with Crippen LogP contribution in [0.15, 0.2) is 29.3 Å². The normalized spacial score (nSPS) is 17.7. The smallest absolute Gasteiger partial charge is 0.200 e. The second kappa shape index (κ2) is 6.49. The molecule has 1 aromatic carbocycles. The molecule has 1 saturated heterocycles. The van der Waals surface area contributed by atoms with Crippen LogP contribution in [0.2, 0.25) is 0 Å². The van der Waals surface area contributed by atoms with Crippen LogP contribution in [0.3, 0.4) is 0 Å². The molecule has 2 aromatic heterocycles. The van der Waals surface area contributed by atoms with Gasteiger partial charge in [0, 0.05) is 30.5 Å². The van der Waals surface area contributed by atoms with Crippen molar-refractivity contribution in [3.8, 4) is 11.5 Å². The van der Waals surface area contributed by atoms with E-state index in [-0.39, 0.29) is 17.7 Å².